The Morgan fingerprint density at radius 1 is 1.03 bits per heavy atom. The first-order chi connectivity index (χ1) is 16.4. The average molecular weight is 475 g/mol. The predicted molar refractivity (Wildman–Crippen MR) is 133 cm³/mol. The molecule has 0 saturated heterocycles. The van der Waals surface area contributed by atoms with Crippen LogP contribution in [0.4, 0.5) is 11.5 Å². The van der Waals surface area contributed by atoms with E-state index >= 15 is 0 Å². The average Bonchev–Trinajstić information content (AvgIpc) is 2.83. The molecule has 0 unspecified atom stereocenters. The Bertz CT molecular complexity index is 1560. The molecule has 0 radical (unpaired) electrons. The molecule has 0 fully saturated rings. The van der Waals surface area contributed by atoms with Gasteiger partial charge in [-0.15, -0.1) is 0 Å². The maximum absolute atomic E-state index is 12.8. The quantitative estimate of drug-likeness (QED) is 0.321. The fourth-order valence-corrected chi connectivity index (χ4v) is 3.69. The number of ether oxygens (including phenoxy) is 2. The molecule has 2 heterocycles. The van der Waals surface area contributed by atoms with Gasteiger partial charge in [0.05, 0.1) is 19.6 Å². The number of thiocarbonyl (C=S) groups is 1. The summed E-state index contributed by atoms with van der Waals surface area (Å²) in [4.78, 5) is 33.8. The number of rotatable bonds is 5. The lowest BCUT2D eigenvalue weighted by molar-refractivity contribution is 0.355. The molecule has 2 aromatic carbocycles. The van der Waals surface area contributed by atoms with E-state index < -0.39 is 11.2 Å². The van der Waals surface area contributed by atoms with Crippen LogP contribution in [0.25, 0.3) is 22.2 Å². The molecule has 2 aromatic heterocycles. The van der Waals surface area contributed by atoms with E-state index in [1.54, 1.807) is 18.2 Å². The SMILES string of the molecule is COc1ccc(-c2c(C#N)c(NC(=S)Nc3ccccc3)nc3[nH]c(=O)[nH]c(=O)c23)cc1OC. The smallest absolute Gasteiger partial charge is 0.327 e. The third-order valence-corrected chi connectivity index (χ3v) is 5.14. The van der Waals surface area contributed by atoms with Crippen molar-refractivity contribution in [2.24, 2.45) is 0 Å². The fraction of sp³-hybridized carbons (Fsp3) is 0.0870. The number of aromatic nitrogens is 3. The van der Waals surface area contributed by atoms with Crippen molar-refractivity contribution in [3.63, 3.8) is 0 Å². The molecule has 11 heteroatoms. The van der Waals surface area contributed by atoms with Crippen molar-refractivity contribution in [3.05, 3.63) is 74.9 Å². The van der Waals surface area contributed by atoms with Gasteiger partial charge in [0, 0.05) is 11.3 Å². The first-order valence-corrected chi connectivity index (χ1v) is 10.3. The highest BCUT2D eigenvalue weighted by molar-refractivity contribution is 7.80. The zero-order chi connectivity index (χ0) is 24.2. The summed E-state index contributed by atoms with van der Waals surface area (Å²) in [6.07, 6.45) is 0. The number of aromatic amines is 2. The van der Waals surface area contributed by atoms with Crippen LogP contribution in [0.5, 0.6) is 11.5 Å². The monoisotopic (exact) mass is 474 g/mol. The van der Waals surface area contributed by atoms with E-state index in [1.165, 1.54) is 14.2 Å². The molecule has 0 aliphatic heterocycles. The van der Waals surface area contributed by atoms with E-state index in [9.17, 15) is 14.9 Å². The molecule has 0 amide bonds. The van der Waals surface area contributed by atoms with E-state index in [2.05, 4.69) is 31.7 Å². The minimum Gasteiger partial charge on any atom is -0.493 e. The van der Waals surface area contributed by atoms with Crippen LogP contribution in [0.2, 0.25) is 0 Å². The Labute approximate surface area is 198 Å². The topological polar surface area (TPSA) is 145 Å². The Hall–Kier alpha value is -4.69. The lowest BCUT2D eigenvalue weighted by atomic mass is 9.97. The van der Waals surface area contributed by atoms with Gasteiger partial charge in [-0.05, 0) is 42.0 Å². The summed E-state index contributed by atoms with van der Waals surface area (Å²) in [6, 6.07) is 16.2. The molecule has 10 nitrogen and oxygen atoms in total. The van der Waals surface area contributed by atoms with Crippen molar-refractivity contribution in [2.45, 2.75) is 0 Å². The molecule has 4 rings (SSSR count). The fourth-order valence-electron chi connectivity index (χ4n) is 3.47. The maximum Gasteiger partial charge on any atom is 0.327 e. The predicted octanol–water partition coefficient (Wildman–Crippen LogP) is 2.98. The molecular weight excluding hydrogens is 456 g/mol. The third kappa shape index (κ3) is 4.30. The lowest BCUT2D eigenvalue weighted by Gasteiger charge is -2.16. The molecule has 4 aromatic rings. The normalized spacial score (nSPS) is 10.4. The van der Waals surface area contributed by atoms with Crippen LogP contribution in [0, 0.1) is 11.3 Å². The first kappa shape index (κ1) is 22.5. The molecule has 0 spiro atoms. The van der Waals surface area contributed by atoms with Crippen LogP contribution in [0.3, 0.4) is 0 Å². The number of para-hydroxylation sites is 1. The van der Waals surface area contributed by atoms with Gasteiger partial charge in [0.25, 0.3) is 5.56 Å². The molecule has 4 N–H and O–H groups in total. The van der Waals surface area contributed by atoms with Crippen LogP contribution in [-0.2, 0) is 0 Å². The van der Waals surface area contributed by atoms with E-state index in [4.69, 9.17) is 21.7 Å². The second-order valence-corrected chi connectivity index (χ2v) is 7.38. The van der Waals surface area contributed by atoms with E-state index in [-0.39, 0.29) is 33.1 Å². The number of benzene rings is 2. The van der Waals surface area contributed by atoms with Gasteiger partial charge in [-0.25, -0.2) is 9.78 Å². The van der Waals surface area contributed by atoms with Gasteiger partial charge in [0.15, 0.2) is 22.4 Å². The zero-order valence-electron chi connectivity index (χ0n) is 18.1. The summed E-state index contributed by atoms with van der Waals surface area (Å²) in [7, 11) is 2.97. The largest absolute Gasteiger partial charge is 0.493 e. The van der Waals surface area contributed by atoms with Gasteiger partial charge in [-0.3, -0.25) is 14.8 Å². The van der Waals surface area contributed by atoms with E-state index in [1.807, 2.05) is 30.3 Å². The third-order valence-electron chi connectivity index (χ3n) is 4.93. The second-order valence-electron chi connectivity index (χ2n) is 6.97. The highest BCUT2D eigenvalue weighted by Gasteiger charge is 2.22. The summed E-state index contributed by atoms with van der Waals surface area (Å²) in [6.45, 7) is 0. The molecule has 0 atom stereocenters. The van der Waals surface area contributed by atoms with Crippen molar-refractivity contribution >= 4 is 39.9 Å². The molecule has 0 bridgehead atoms. The van der Waals surface area contributed by atoms with Gasteiger partial charge in [-0.2, -0.15) is 5.26 Å². The molecule has 0 saturated carbocycles. The Kier molecular flexibility index (Phi) is 6.24. The number of methoxy groups -OCH3 is 2. The highest BCUT2D eigenvalue weighted by Crippen LogP contribution is 2.37. The lowest BCUT2D eigenvalue weighted by Crippen LogP contribution is -2.25. The second kappa shape index (κ2) is 9.43. The van der Waals surface area contributed by atoms with Gasteiger partial charge in [0.2, 0.25) is 0 Å². The molecular formula is C23H18N6O4S. The molecule has 170 valence electrons. The van der Waals surface area contributed by atoms with Gasteiger partial charge in [-0.1, -0.05) is 24.3 Å². The molecule has 34 heavy (non-hydrogen) atoms. The van der Waals surface area contributed by atoms with Gasteiger partial charge >= 0.3 is 5.69 Å². The Morgan fingerprint density at radius 2 is 1.76 bits per heavy atom. The van der Waals surface area contributed by atoms with Crippen molar-refractivity contribution in [1.82, 2.24) is 15.0 Å². The van der Waals surface area contributed by atoms with Crippen LogP contribution in [0.1, 0.15) is 5.56 Å². The number of H-pyrrole nitrogens is 2. The Morgan fingerprint density at radius 3 is 2.44 bits per heavy atom. The van der Waals surface area contributed by atoms with Crippen molar-refractivity contribution < 1.29 is 9.47 Å². The minimum absolute atomic E-state index is 0.0115. The summed E-state index contributed by atoms with van der Waals surface area (Å²) in [5.74, 6) is 0.928. The van der Waals surface area contributed by atoms with Crippen LogP contribution >= 0.6 is 12.2 Å². The first-order valence-electron chi connectivity index (χ1n) is 9.91. The van der Waals surface area contributed by atoms with Crippen LogP contribution in [-0.4, -0.2) is 34.3 Å². The standard InChI is InChI=1S/C23H18N6O4S/c1-32-15-9-8-12(10-16(15)33-2)17-14(11-24)19(26-20-18(17)21(30)29-22(31)27-20)28-23(34)25-13-6-4-3-5-7-13/h3-10H,1-2H3,(H4,25,26,27,28,29,30,31,34). The van der Waals surface area contributed by atoms with Crippen molar-refractivity contribution in [2.75, 3.05) is 24.9 Å². The summed E-state index contributed by atoms with van der Waals surface area (Å²) in [5.41, 5.74) is 0.0642. The van der Waals surface area contributed by atoms with Crippen molar-refractivity contribution in [1.29, 1.82) is 5.26 Å². The summed E-state index contributed by atoms with van der Waals surface area (Å²) < 4.78 is 10.7. The number of hydrogen-bond donors (Lipinski definition) is 4. The molecule has 0 aliphatic carbocycles. The van der Waals surface area contributed by atoms with Crippen molar-refractivity contribution in [3.8, 4) is 28.7 Å². The van der Waals surface area contributed by atoms with Gasteiger partial charge < -0.3 is 20.1 Å². The minimum atomic E-state index is -0.732. The Balaban J connectivity index is 1.93. The number of nitriles is 1. The highest BCUT2D eigenvalue weighted by atomic mass is 32.1. The number of pyridine rings is 1. The number of hydrogen-bond acceptors (Lipinski definition) is 7. The number of fused-ring (bicyclic) bond motifs is 1. The molecule has 0 aliphatic rings. The zero-order valence-corrected chi connectivity index (χ0v) is 18.9. The maximum atomic E-state index is 12.8. The van der Waals surface area contributed by atoms with E-state index in [0.717, 1.165) is 5.69 Å². The van der Waals surface area contributed by atoms with Gasteiger partial charge in [0.1, 0.15) is 17.3 Å². The summed E-state index contributed by atoms with van der Waals surface area (Å²) >= 11 is 5.38. The number of anilines is 2. The van der Waals surface area contributed by atoms with E-state index in [0.29, 0.717) is 17.1 Å². The van der Waals surface area contributed by atoms with Crippen LogP contribution < -0.4 is 31.4 Å². The number of nitrogens with zero attached hydrogens (tertiary/aromatic N) is 2. The number of nitrogens with one attached hydrogen (secondary N) is 4. The summed E-state index contributed by atoms with van der Waals surface area (Å²) in [5, 5.41) is 16.2. The van der Waals surface area contributed by atoms with Crippen LogP contribution in [0.15, 0.2) is 58.1 Å².